The summed E-state index contributed by atoms with van der Waals surface area (Å²) in [6.07, 6.45) is 0.230. The first-order valence-electron chi connectivity index (χ1n) is 7.57. The van der Waals surface area contributed by atoms with Gasteiger partial charge in [0.15, 0.2) is 0 Å². The average Bonchev–Trinajstić information content (AvgIpc) is 3.03. The van der Waals surface area contributed by atoms with Gasteiger partial charge in [-0.3, -0.25) is 4.79 Å². The third-order valence-electron chi connectivity index (χ3n) is 4.37. The number of aliphatic hydroxyl groups excluding tert-OH is 1. The molecule has 0 radical (unpaired) electrons. The van der Waals surface area contributed by atoms with Crippen LogP contribution in [0.5, 0.6) is 0 Å². The summed E-state index contributed by atoms with van der Waals surface area (Å²) in [5.74, 6) is -0.626. The molecule has 0 bridgehead atoms. The first-order chi connectivity index (χ1) is 10.9. The van der Waals surface area contributed by atoms with Gasteiger partial charge in [0.1, 0.15) is 5.82 Å². The molecule has 8 heteroatoms. The Labute approximate surface area is 134 Å². The maximum absolute atomic E-state index is 13.1. The second-order valence-electron chi connectivity index (χ2n) is 6.01. The molecule has 2 heterocycles. The van der Waals surface area contributed by atoms with Gasteiger partial charge in [-0.15, -0.1) is 0 Å². The van der Waals surface area contributed by atoms with Gasteiger partial charge in [0.05, 0.1) is 24.4 Å². The van der Waals surface area contributed by atoms with Crippen LogP contribution in [0.15, 0.2) is 24.3 Å². The van der Waals surface area contributed by atoms with Crippen molar-refractivity contribution in [1.29, 1.82) is 0 Å². The van der Waals surface area contributed by atoms with Crippen molar-refractivity contribution in [3.8, 4) is 0 Å². The van der Waals surface area contributed by atoms with Crippen LogP contribution < -0.4 is 0 Å². The van der Waals surface area contributed by atoms with E-state index in [1.54, 1.807) is 12.1 Å². The molecule has 23 heavy (non-hydrogen) atoms. The zero-order valence-corrected chi connectivity index (χ0v) is 13.4. The van der Waals surface area contributed by atoms with Crippen molar-refractivity contribution in [2.24, 2.45) is 0 Å². The summed E-state index contributed by atoms with van der Waals surface area (Å²) in [7, 11) is -3.34. The lowest BCUT2D eigenvalue weighted by atomic mass is 10.0. The Balaban J connectivity index is 1.76. The summed E-state index contributed by atoms with van der Waals surface area (Å²) in [6, 6.07) is 5.44. The van der Waals surface area contributed by atoms with Crippen LogP contribution >= 0.6 is 0 Å². The van der Waals surface area contributed by atoms with E-state index in [0.29, 0.717) is 19.4 Å². The molecule has 0 saturated carbocycles. The molecular weight excluding hydrogens is 323 g/mol. The number of carbonyl (C=O) groups excluding carboxylic acids is 1. The van der Waals surface area contributed by atoms with Gasteiger partial charge < -0.3 is 10.0 Å². The van der Waals surface area contributed by atoms with Crippen LogP contribution in [-0.4, -0.2) is 60.1 Å². The molecule has 0 aromatic heterocycles. The van der Waals surface area contributed by atoms with Crippen molar-refractivity contribution in [3.05, 3.63) is 35.6 Å². The number of aliphatic hydroxyl groups is 1. The monoisotopic (exact) mass is 342 g/mol. The van der Waals surface area contributed by atoms with Crippen LogP contribution in [0, 0.1) is 5.82 Å². The summed E-state index contributed by atoms with van der Waals surface area (Å²) in [6.45, 7) is 0.313. The predicted octanol–water partition coefficient (Wildman–Crippen LogP) is 0.496. The maximum Gasteiger partial charge on any atom is 0.238 e. The zero-order chi connectivity index (χ0) is 16.6. The molecule has 2 aliphatic heterocycles. The number of nitrogens with zero attached hydrogens (tertiary/aromatic N) is 2. The average molecular weight is 342 g/mol. The van der Waals surface area contributed by atoms with Crippen molar-refractivity contribution in [2.45, 2.75) is 25.0 Å². The summed E-state index contributed by atoms with van der Waals surface area (Å²) >= 11 is 0. The van der Waals surface area contributed by atoms with E-state index >= 15 is 0 Å². The van der Waals surface area contributed by atoms with E-state index in [1.807, 2.05) is 0 Å². The fourth-order valence-electron chi connectivity index (χ4n) is 3.20. The van der Waals surface area contributed by atoms with Crippen molar-refractivity contribution < 1.29 is 22.7 Å². The van der Waals surface area contributed by atoms with Gasteiger partial charge >= 0.3 is 0 Å². The van der Waals surface area contributed by atoms with Crippen molar-refractivity contribution >= 4 is 15.9 Å². The highest BCUT2D eigenvalue weighted by Gasteiger charge is 2.38. The molecular formula is C15H19FN2O4S. The lowest BCUT2D eigenvalue weighted by molar-refractivity contribution is -0.132. The van der Waals surface area contributed by atoms with Gasteiger partial charge in [-0.05, 0) is 30.5 Å². The number of benzene rings is 1. The van der Waals surface area contributed by atoms with E-state index in [2.05, 4.69) is 0 Å². The van der Waals surface area contributed by atoms with E-state index in [1.165, 1.54) is 21.3 Å². The Morgan fingerprint density at radius 2 is 2.00 bits per heavy atom. The maximum atomic E-state index is 13.1. The highest BCUT2D eigenvalue weighted by molar-refractivity contribution is 7.89. The van der Waals surface area contributed by atoms with E-state index in [9.17, 15) is 22.7 Å². The molecule has 0 aliphatic carbocycles. The lowest BCUT2D eigenvalue weighted by Gasteiger charge is -2.26. The van der Waals surface area contributed by atoms with E-state index in [-0.39, 0.29) is 36.6 Å². The van der Waals surface area contributed by atoms with Crippen LogP contribution in [0.3, 0.4) is 0 Å². The summed E-state index contributed by atoms with van der Waals surface area (Å²) < 4.78 is 37.9. The smallest absolute Gasteiger partial charge is 0.238 e. The number of β-amino-alcohol motifs (C(OH)–C–C–N with tert-alkyl or cyclic N) is 1. The van der Waals surface area contributed by atoms with E-state index in [0.717, 1.165) is 5.56 Å². The fourth-order valence-corrected chi connectivity index (χ4v) is 4.67. The molecule has 2 fully saturated rings. The molecule has 2 saturated heterocycles. The molecule has 126 valence electrons. The first-order valence-corrected chi connectivity index (χ1v) is 9.18. The Morgan fingerprint density at radius 1 is 1.30 bits per heavy atom. The third kappa shape index (κ3) is 3.39. The minimum Gasteiger partial charge on any atom is -0.391 e. The Bertz CT molecular complexity index is 692. The second kappa shape index (κ2) is 6.18. The molecule has 3 rings (SSSR count). The van der Waals surface area contributed by atoms with Crippen molar-refractivity contribution in [1.82, 2.24) is 9.21 Å². The van der Waals surface area contributed by atoms with Gasteiger partial charge in [0.25, 0.3) is 0 Å². The summed E-state index contributed by atoms with van der Waals surface area (Å²) in [5.41, 5.74) is 0.737. The van der Waals surface area contributed by atoms with Gasteiger partial charge in [-0.25, -0.2) is 12.8 Å². The standard InChI is InChI=1S/C15H19FN2O4S/c16-12-4-2-11(3-5-12)14-8-13(19)9-18(14)15(20)10-17-6-1-7-23(17,21)22/h2-5,13-14,19H,1,6-10H2/t13-,14+/m0/s1. The number of rotatable bonds is 3. The molecule has 1 aromatic rings. The summed E-state index contributed by atoms with van der Waals surface area (Å²) in [4.78, 5) is 14.0. The predicted molar refractivity (Wildman–Crippen MR) is 81.5 cm³/mol. The number of carbonyl (C=O) groups is 1. The molecule has 0 spiro atoms. The number of sulfonamides is 1. The topological polar surface area (TPSA) is 77.9 Å². The fraction of sp³-hybridized carbons (Fsp3) is 0.533. The van der Waals surface area contributed by atoms with Gasteiger partial charge in [0.2, 0.25) is 15.9 Å². The Hall–Kier alpha value is -1.51. The minimum atomic E-state index is -3.34. The van der Waals surface area contributed by atoms with Gasteiger partial charge in [-0.2, -0.15) is 4.31 Å². The normalized spacial score (nSPS) is 27.5. The van der Waals surface area contributed by atoms with Gasteiger partial charge in [-0.1, -0.05) is 12.1 Å². The SMILES string of the molecule is O=C(CN1CCCS1(=O)=O)N1C[C@@H](O)C[C@@H]1c1ccc(F)cc1. The highest BCUT2D eigenvalue weighted by Crippen LogP contribution is 2.32. The van der Waals surface area contributed by atoms with Gasteiger partial charge in [0, 0.05) is 13.1 Å². The molecule has 1 amide bonds. The molecule has 0 unspecified atom stereocenters. The van der Waals surface area contributed by atoms with E-state index < -0.39 is 16.1 Å². The Morgan fingerprint density at radius 3 is 2.61 bits per heavy atom. The molecule has 2 aliphatic rings. The molecule has 1 aromatic carbocycles. The molecule has 2 atom stereocenters. The first kappa shape index (κ1) is 16.4. The van der Waals surface area contributed by atoms with Crippen LogP contribution in [0.25, 0.3) is 0 Å². The number of likely N-dealkylation sites (tertiary alicyclic amines) is 1. The number of amides is 1. The number of hydrogen-bond acceptors (Lipinski definition) is 4. The quantitative estimate of drug-likeness (QED) is 0.867. The minimum absolute atomic E-state index is 0.0737. The summed E-state index contributed by atoms with van der Waals surface area (Å²) in [5, 5.41) is 9.90. The molecule has 1 N–H and O–H groups in total. The van der Waals surface area contributed by atoms with E-state index in [4.69, 9.17) is 0 Å². The van der Waals surface area contributed by atoms with Crippen molar-refractivity contribution in [3.63, 3.8) is 0 Å². The van der Waals surface area contributed by atoms with Crippen LogP contribution in [-0.2, 0) is 14.8 Å². The lowest BCUT2D eigenvalue weighted by Crippen LogP contribution is -2.41. The highest BCUT2D eigenvalue weighted by atomic mass is 32.2. The number of hydrogen-bond donors (Lipinski definition) is 1. The van der Waals surface area contributed by atoms with Crippen LogP contribution in [0.2, 0.25) is 0 Å². The zero-order valence-electron chi connectivity index (χ0n) is 12.6. The third-order valence-corrected chi connectivity index (χ3v) is 6.27. The number of halogens is 1. The molecule has 6 nitrogen and oxygen atoms in total. The van der Waals surface area contributed by atoms with Crippen LogP contribution in [0.4, 0.5) is 4.39 Å². The largest absolute Gasteiger partial charge is 0.391 e. The Kier molecular flexibility index (Phi) is 4.39. The second-order valence-corrected chi connectivity index (χ2v) is 8.09. The van der Waals surface area contributed by atoms with Crippen molar-refractivity contribution in [2.75, 3.05) is 25.4 Å². The van der Waals surface area contributed by atoms with Crippen LogP contribution in [0.1, 0.15) is 24.4 Å².